The van der Waals surface area contributed by atoms with Gasteiger partial charge < -0.3 is 14.8 Å². The number of hydrogen-bond acceptors (Lipinski definition) is 3. The summed E-state index contributed by atoms with van der Waals surface area (Å²) in [5, 5.41) is 5.90. The summed E-state index contributed by atoms with van der Waals surface area (Å²) in [6, 6.07) is 15.1. The van der Waals surface area contributed by atoms with Crippen LogP contribution in [-0.4, -0.2) is 33.0 Å². The van der Waals surface area contributed by atoms with E-state index in [4.69, 9.17) is 9.47 Å². The molecule has 0 saturated heterocycles. The molecule has 2 aromatic carbocycles. The Bertz CT molecular complexity index is 550. The van der Waals surface area contributed by atoms with Crippen molar-refractivity contribution in [3.05, 3.63) is 48.0 Å². The molecular weight excluding hydrogens is 262 g/mol. The number of fused-ring (bicyclic) bond motifs is 1. The van der Waals surface area contributed by atoms with Gasteiger partial charge in [0.25, 0.3) is 0 Å². The molecule has 0 amide bonds. The third kappa shape index (κ3) is 4.27. The molecule has 0 aliphatic heterocycles. The monoisotopic (exact) mass is 287 g/mol. The SMILES string of the molecule is CCOCC(C)OCC(NC)c1cccc2ccccc12. The van der Waals surface area contributed by atoms with Gasteiger partial charge in [0.2, 0.25) is 0 Å². The van der Waals surface area contributed by atoms with Crippen LogP contribution in [0.5, 0.6) is 0 Å². The van der Waals surface area contributed by atoms with Gasteiger partial charge in [-0.05, 0) is 37.2 Å². The molecule has 0 aliphatic carbocycles. The molecule has 2 rings (SSSR count). The number of likely N-dealkylation sites (N-methyl/N-ethyl adjacent to an activating group) is 1. The molecule has 1 N–H and O–H groups in total. The van der Waals surface area contributed by atoms with Crippen molar-refractivity contribution in [2.75, 3.05) is 26.9 Å². The molecule has 0 spiro atoms. The van der Waals surface area contributed by atoms with Gasteiger partial charge in [-0.15, -0.1) is 0 Å². The first kappa shape index (κ1) is 16.0. The molecule has 2 unspecified atom stereocenters. The first-order chi connectivity index (χ1) is 10.3. The van der Waals surface area contributed by atoms with Crippen molar-refractivity contribution < 1.29 is 9.47 Å². The van der Waals surface area contributed by atoms with Gasteiger partial charge in [0.05, 0.1) is 25.4 Å². The topological polar surface area (TPSA) is 30.5 Å². The van der Waals surface area contributed by atoms with E-state index in [1.165, 1.54) is 16.3 Å². The van der Waals surface area contributed by atoms with Gasteiger partial charge >= 0.3 is 0 Å². The Kier molecular flexibility index (Phi) is 6.18. The summed E-state index contributed by atoms with van der Waals surface area (Å²) in [4.78, 5) is 0. The van der Waals surface area contributed by atoms with E-state index >= 15 is 0 Å². The smallest absolute Gasteiger partial charge is 0.0781 e. The molecule has 0 radical (unpaired) electrons. The third-order valence-corrected chi connectivity index (χ3v) is 3.65. The number of benzene rings is 2. The standard InChI is InChI=1S/C18H25NO2/c1-4-20-12-14(2)21-13-18(19-3)17-11-7-9-15-8-5-6-10-16(15)17/h5-11,14,18-19H,4,12-13H2,1-3H3. The van der Waals surface area contributed by atoms with Crippen LogP contribution in [0.25, 0.3) is 10.8 Å². The van der Waals surface area contributed by atoms with Crippen LogP contribution in [0.4, 0.5) is 0 Å². The van der Waals surface area contributed by atoms with Gasteiger partial charge in [0.15, 0.2) is 0 Å². The lowest BCUT2D eigenvalue weighted by Crippen LogP contribution is -2.26. The average molecular weight is 287 g/mol. The van der Waals surface area contributed by atoms with Gasteiger partial charge in [-0.25, -0.2) is 0 Å². The van der Waals surface area contributed by atoms with Crippen LogP contribution >= 0.6 is 0 Å². The molecule has 21 heavy (non-hydrogen) atoms. The van der Waals surface area contributed by atoms with E-state index in [1.54, 1.807) is 0 Å². The summed E-state index contributed by atoms with van der Waals surface area (Å²) in [6.45, 7) is 6.05. The highest BCUT2D eigenvalue weighted by molar-refractivity contribution is 5.86. The fourth-order valence-corrected chi connectivity index (χ4v) is 2.48. The molecule has 0 aromatic heterocycles. The zero-order chi connectivity index (χ0) is 15.1. The molecule has 0 bridgehead atoms. The number of ether oxygens (including phenoxy) is 2. The van der Waals surface area contributed by atoms with E-state index in [9.17, 15) is 0 Å². The van der Waals surface area contributed by atoms with Crippen molar-refractivity contribution >= 4 is 10.8 Å². The predicted octanol–water partition coefficient (Wildman–Crippen LogP) is 3.54. The van der Waals surface area contributed by atoms with Crippen molar-refractivity contribution in [1.82, 2.24) is 5.32 Å². The molecule has 114 valence electrons. The van der Waals surface area contributed by atoms with Crippen molar-refractivity contribution in [3.63, 3.8) is 0 Å². The molecule has 0 aliphatic rings. The number of nitrogens with one attached hydrogen (secondary N) is 1. The molecule has 0 heterocycles. The Morgan fingerprint density at radius 1 is 1.05 bits per heavy atom. The number of rotatable bonds is 8. The Morgan fingerprint density at radius 3 is 2.57 bits per heavy atom. The van der Waals surface area contributed by atoms with Crippen molar-refractivity contribution in [1.29, 1.82) is 0 Å². The summed E-state index contributed by atoms with van der Waals surface area (Å²) in [7, 11) is 1.98. The van der Waals surface area contributed by atoms with E-state index in [1.807, 2.05) is 20.9 Å². The molecule has 2 atom stereocenters. The predicted molar refractivity (Wildman–Crippen MR) is 87.7 cm³/mol. The Hall–Kier alpha value is -1.42. The minimum atomic E-state index is 0.107. The maximum atomic E-state index is 5.91. The van der Waals surface area contributed by atoms with Crippen LogP contribution in [0.2, 0.25) is 0 Å². The zero-order valence-corrected chi connectivity index (χ0v) is 13.1. The fourth-order valence-electron chi connectivity index (χ4n) is 2.48. The van der Waals surface area contributed by atoms with Crippen LogP contribution in [0.3, 0.4) is 0 Å². The minimum Gasteiger partial charge on any atom is -0.379 e. The van der Waals surface area contributed by atoms with Gasteiger partial charge in [0, 0.05) is 6.61 Å². The van der Waals surface area contributed by atoms with E-state index < -0.39 is 0 Å². The molecular formula is C18H25NO2. The summed E-state index contributed by atoms with van der Waals surface area (Å²) >= 11 is 0. The second-order valence-corrected chi connectivity index (χ2v) is 5.21. The van der Waals surface area contributed by atoms with Crippen molar-refractivity contribution in [2.24, 2.45) is 0 Å². The highest BCUT2D eigenvalue weighted by Gasteiger charge is 2.14. The average Bonchev–Trinajstić information content (AvgIpc) is 2.53. The first-order valence-corrected chi connectivity index (χ1v) is 7.60. The third-order valence-electron chi connectivity index (χ3n) is 3.65. The van der Waals surface area contributed by atoms with Crippen molar-refractivity contribution in [2.45, 2.75) is 26.0 Å². The lowest BCUT2D eigenvalue weighted by molar-refractivity contribution is -0.0109. The lowest BCUT2D eigenvalue weighted by atomic mass is 9.99. The van der Waals surface area contributed by atoms with Gasteiger partial charge in [-0.1, -0.05) is 42.5 Å². The normalized spacial score (nSPS) is 14.2. The van der Waals surface area contributed by atoms with E-state index in [0.29, 0.717) is 13.2 Å². The lowest BCUT2D eigenvalue weighted by Gasteiger charge is -2.21. The van der Waals surface area contributed by atoms with Crippen LogP contribution in [0.1, 0.15) is 25.5 Å². The van der Waals surface area contributed by atoms with E-state index in [0.717, 1.165) is 6.61 Å². The Labute approximate surface area is 127 Å². The highest BCUT2D eigenvalue weighted by atomic mass is 16.5. The van der Waals surface area contributed by atoms with Crippen LogP contribution in [0.15, 0.2) is 42.5 Å². The molecule has 3 heteroatoms. The first-order valence-electron chi connectivity index (χ1n) is 7.60. The summed E-state index contributed by atoms with van der Waals surface area (Å²) in [5.41, 5.74) is 1.28. The maximum Gasteiger partial charge on any atom is 0.0781 e. The quantitative estimate of drug-likeness (QED) is 0.805. The Morgan fingerprint density at radius 2 is 1.81 bits per heavy atom. The molecule has 0 saturated carbocycles. The van der Waals surface area contributed by atoms with Crippen LogP contribution in [0, 0.1) is 0 Å². The molecule has 0 fully saturated rings. The van der Waals surface area contributed by atoms with Crippen molar-refractivity contribution in [3.8, 4) is 0 Å². The van der Waals surface area contributed by atoms with E-state index in [2.05, 4.69) is 47.8 Å². The summed E-state index contributed by atoms with van der Waals surface area (Å²) in [6.07, 6.45) is 0.107. The van der Waals surface area contributed by atoms with E-state index in [-0.39, 0.29) is 12.1 Å². The summed E-state index contributed by atoms with van der Waals surface area (Å²) in [5.74, 6) is 0. The van der Waals surface area contributed by atoms with Gasteiger partial charge in [-0.3, -0.25) is 0 Å². The van der Waals surface area contributed by atoms with Crippen LogP contribution in [-0.2, 0) is 9.47 Å². The largest absolute Gasteiger partial charge is 0.379 e. The minimum absolute atomic E-state index is 0.107. The summed E-state index contributed by atoms with van der Waals surface area (Å²) < 4.78 is 11.3. The fraction of sp³-hybridized carbons (Fsp3) is 0.444. The highest BCUT2D eigenvalue weighted by Crippen LogP contribution is 2.24. The maximum absolute atomic E-state index is 5.91. The number of hydrogen-bond donors (Lipinski definition) is 1. The molecule has 2 aromatic rings. The van der Waals surface area contributed by atoms with Gasteiger partial charge in [0.1, 0.15) is 0 Å². The molecule has 3 nitrogen and oxygen atoms in total. The zero-order valence-electron chi connectivity index (χ0n) is 13.1. The Balaban J connectivity index is 2.09. The second kappa shape index (κ2) is 8.13. The second-order valence-electron chi connectivity index (χ2n) is 5.21. The van der Waals surface area contributed by atoms with Gasteiger partial charge in [-0.2, -0.15) is 0 Å². The van der Waals surface area contributed by atoms with Crippen LogP contribution < -0.4 is 5.32 Å².